The van der Waals surface area contributed by atoms with Gasteiger partial charge in [-0.15, -0.1) is 0 Å². The molecule has 2 heteroatoms. The molecule has 0 aromatic heterocycles. The zero-order valence-electron chi connectivity index (χ0n) is 9.54. The molecule has 3 atom stereocenters. The first-order valence-electron chi connectivity index (χ1n) is 6.72. The number of aliphatic hydroxyl groups excluding tert-OH is 1. The molecule has 0 amide bonds. The molecule has 3 fully saturated rings. The van der Waals surface area contributed by atoms with E-state index < -0.39 is 0 Å². The van der Waals surface area contributed by atoms with Gasteiger partial charge in [0.2, 0.25) is 0 Å². The van der Waals surface area contributed by atoms with Gasteiger partial charge in [0.1, 0.15) is 0 Å². The third kappa shape index (κ3) is 1.45. The summed E-state index contributed by atoms with van der Waals surface area (Å²) in [6.45, 7) is 2.13. The van der Waals surface area contributed by atoms with Crippen LogP contribution < -0.4 is 5.32 Å². The lowest BCUT2D eigenvalue weighted by molar-refractivity contribution is -0.105. The summed E-state index contributed by atoms with van der Waals surface area (Å²) in [5.41, 5.74) is 0.262. The number of hydrogen-bond acceptors (Lipinski definition) is 2. The van der Waals surface area contributed by atoms with E-state index >= 15 is 0 Å². The molecule has 86 valence electrons. The van der Waals surface area contributed by atoms with Crippen LogP contribution in [0.1, 0.15) is 44.9 Å². The Hall–Kier alpha value is -0.0800. The molecule has 2 bridgehead atoms. The van der Waals surface area contributed by atoms with Crippen molar-refractivity contribution in [2.45, 2.75) is 51.0 Å². The highest BCUT2D eigenvalue weighted by Gasteiger charge is 2.51. The Morgan fingerprint density at radius 2 is 1.87 bits per heavy atom. The van der Waals surface area contributed by atoms with E-state index in [2.05, 4.69) is 5.32 Å². The minimum absolute atomic E-state index is 0.00407. The maximum atomic E-state index is 10.6. The van der Waals surface area contributed by atoms with Crippen LogP contribution in [0.5, 0.6) is 0 Å². The van der Waals surface area contributed by atoms with Crippen LogP contribution in [0.15, 0.2) is 0 Å². The Kier molecular flexibility index (Phi) is 2.52. The van der Waals surface area contributed by atoms with Crippen molar-refractivity contribution in [1.82, 2.24) is 5.32 Å². The van der Waals surface area contributed by atoms with E-state index in [1.807, 2.05) is 0 Å². The first kappa shape index (κ1) is 10.1. The topological polar surface area (TPSA) is 32.3 Å². The fourth-order valence-electron chi connectivity index (χ4n) is 4.46. The van der Waals surface area contributed by atoms with E-state index in [9.17, 15) is 5.11 Å². The van der Waals surface area contributed by atoms with Gasteiger partial charge in [0.05, 0.1) is 6.10 Å². The zero-order valence-corrected chi connectivity index (χ0v) is 9.54. The fraction of sp³-hybridized carbons (Fsp3) is 1.00. The van der Waals surface area contributed by atoms with Gasteiger partial charge in [-0.1, -0.05) is 19.3 Å². The summed E-state index contributed by atoms with van der Waals surface area (Å²) in [6.07, 6.45) is 9.37. The van der Waals surface area contributed by atoms with Gasteiger partial charge in [0.25, 0.3) is 0 Å². The third-order valence-electron chi connectivity index (χ3n) is 5.28. The molecular weight excluding hydrogens is 186 g/mol. The molecule has 2 N–H and O–H groups in total. The van der Waals surface area contributed by atoms with E-state index in [1.165, 1.54) is 44.9 Å². The van der Waals surface area contributed by atoms with Gasteiger partial charge in [-0.2, -0.15) is 0 Å². The Labute approximate surface area is 92.4 Å². The lowest BCUT2D eigenvalue weighted by atomic mass is 9.58. The van der Waals surface area contributed by atoms with Crippen molar-refractivity contribution in [2.75, 3.05) is 13.1 Å². The molecule has 2 nitrogen and oxygen atoms in total. The second-order valence-corrected chi connectivity index (χ2v) is 5.94. The van der Waals surface area contributed by atoms with Crippen molar-refractivity contribution in [3.63, 3.8) is 0 Å². The molecule has 0 aromatic rings. The molecule has 3 unspecified atom stereocenters. The predicted octanol–water partition coefficient (Wildman–Crippen LogP) is 1.93. The first-order chi connectivity index (χ1) is 7.33. The highest BCUT2D eigenvalue weighted by Crippen LogP contribution is 2.51. The highest BCUT2D eigenvalue weighted by atomic mass is 16.3. The quantitative estimate of drug-likeness (QED) is 0.691. The molecule has 0 spiro atoms. The minimum atomic E-state index is -0.00407. The van der Waals surface area contributed by atoms with Crippen molar-refractivity contribution in [1.29, 1.82) is 0 Å². The second-order valence-electron chi connectivity index (χ2n) is 5.94. The maximum Gasteiger partial charge on any atom is 0.0651 e. The highest BCUT2D eigenvalue weighted by molar-refractivity contribution is 5.03. The first-order valence-corrected chi connectivity index (χ1v) is 6.72. The van der Waals surface area contributed by atoms with Crippen LogP contribution in [0.2, 0.25) is 0 Å². The standard InChI is InChI=1S/C13H23NO/c15-12-10-4-3-7-13(12,9-14-8-10)11-5-1-2-6-11/h10-12,14-15H,1-9H2. The number of aliphatic hydroxyl groups is 1. The molecule has 0 aromatic carbocycles. The number of rotatable bonds is 1. The summed E-state index contributed by atoms with van der Waals surface area (Å²) in [4.78, 5) is 0. The summed E-state index contributed by atoms with van der Waals surface area (Å²) in [5, 5.41) is 14.1. The second kappa shape index (κ2) is 3.74. The lowest BCUT2D eigenvalue weighted by Crippen LogP contribution is -2.60. The molecule has 1 saturated heterocycles. The van der Waals surface area contributed by atoms with E-state index in [0.29, 0.717) is 5.92 Å². The van der Waals surface area contributed by atoms with Crippen molar-refractivity contribution in [2.24, 2.45) is 17.3 Å². The summed E-state index contributed by atoms with van der Waals surface area (Å²) < 4.78 is 0. The van der Waals surface area contributed by atoms with Gasteiger partial charge in [0.15, 0.2) is 0 Å². The van der Waals surface area contributed by atoms with Crippen LogP contribution in [0.4, 0.5) is 0 Å². The SMILES string of the molecule is OC1C2CCCC1(C1CCCC1)CNC2. The summed E-state index contributed by atoms with van der Waals surface area (Å²) in [5.74, 6) is 1.36. The number of piperidine rings is 1. The smallest absolute Gasteiger partial charge is 0.0651 e. The number of fused-ring (bicyclic) bond motifs is 2. The molecule has 1 heterocycles. The molecule has 3 rings (SSSR count). The van der Waals surface area contributed by atoms with Gasteiger partial charge < -0.3 is 10.4 Å². The van der Waals surface area contributed by atoms with Crippen LogP contribution in [-0.4, -0.2) is 24.3 Å². The minimum Gasteiger partial charge on any atom is -0.392 e. The molecule has 2 saturated carbocycles. The lowest BCUT2D eigenvalue weighted by Gasteiger charge is -2.53. The van der Waals surface area contributed by atoms with Crippen LogP contribution in [0.3, 0.4) is 0 Å². The summed E-state index contributed by atoms with van der Waals surface area (Å²) in [6, 6.07) is 0. The van der Waals surface area contributed by atoms with E-state index in [0.717, 1.165) is 19.0 Å². The average Bonchev–Trinajstić information content (AvgIpc) is 2.71. The van der Waals surface area contributed by atoms with Gasteiger partial charge in [-0.25, -0.2) is 0 Å². The Balaban J connectivity index is 1.86. The number of nitrogens with one attached hydrogen (secondary N) is 1. The zero-order chi connectivity index (χ0) is 10.3. The normalized spacial score (nSPS) is 47.0. The van der Waals surface area contributed by atoms with Gasteiger partial charge in [-0.3, -0.25) is 0 Å². The predicted molar refractivity (Wildman–Crippen MR) is 60.6 cm³/mol. The molecule has 0 radical (unpaired) electrons. The fourth-order valence-corrected chi connectivity index (χ4v) is 4.46. The number of hydrogen-bond donors (Lipinski definition) is 2. The van der Waals surface area contributed by atoms with Crippen LogP contribution in [-0.2, 0) is 0 Å². The largest absolute Gasteiger partial charge is 0.392 e. The molecule has 1 aliphatic heterocycles. The monoisotopic (exact) mass is 209 g/mol. The van der Waals surface area contributed by atoms with E-state index in [4.69, 9.17) is 0 Å². The van der Waals surface area contributed by atoms with E-state index in [1.54, 1.807) is 0 Å². The maximum absolute atomic E-state index is 10.6. The van der Waals surface area contributed by atoms with Crippen LogP contribution in [0, 0.1) is 17.3 Å². The third-order valence-corrected chi connectivity index (χ3v) is 5.28. The van der Waals surface area contributed by atoms with Crippen LogP contribution >= 0.6 is 0 Å². The Morgan fingerprint density at radius 3 is 2.67 bits per heavy atom. The van der Waals surface area contributed by atoms with Gasteiger partial charge in [0, 0.05) is 18.5 Å². The van der Waals surface area contributed by atoms with Crippen molar-refractivity contribution >= 4 is 0 Å². The summed E-state index contributed by atoms with van der Waals surface area (Å²) in [7, 11) is 0. The molecule has 15 heavy (non-hydrogen) atoms. The van der Waals surface area contributed by atoms with Crippen molar-refractivity contribution in [3.05, 3.63) is 0 Å². The van der Waals surface area contributed by atoms with Crippen molar-refractivity contribution in [3.8, 4) is 0 Å². The molecular formula is C13H23NO. The van der Waals surface area contributed by atoms with Gasteiger partial charge in [-0.05, 0) is 37.5 Å². The molecule has 2 aliphatic carbocycles. The van der Waals surface area contributed by atoms with Gasteiger partial charge >= 0.3 is 0 Å². The molecule has 3 aliphatic rings. The Morgan fingerprint density at radius 1 is 1.07 bits per heavy atom. The van der Waals surface area contributed by atoms with Crippen molar-refractivity contribution < 1.29 is 5.11 Å². The summed E-state index contributed by atoms with van der Waals surface area (Å²) >= 11 is 0. The van der Waals surface area contributed by atoms with Crippen LogP contribution in [0.25, 0.3) is 0 Å². The average molecular weight is 209 g/mol. The van der Waals surface area contributed by atoms with E-state index in [-0.39, 0.29) is 11.5 Å². The Bertz CT molecular complexity index is 221.